The minimum atomic E-state index is -0.479. The molecule has 36 heavy (non-hydrogen) atoms. The SMILES string of the molecule is Cc1ccc2nc(N(CCCN3CCOCC3)C(=O)Cn3cnc4c3c(=O)n(C)c(=O)n4C)sc2c1. The molecule has 0 spiro atoms. The van der Waals surface area contributed by atoms with Gasteiger partial charge in [0.15, 0.2) is 16.3 Å². The van der Waals surface area contributed by atoms with Crippen LogP contribution in [0.4, 0.5) is 5.13 Å². The molecule has 1 saturated heterocycles. The number of nitrogens with zero attached hydrogens (tertiary/aromatic N) is 7. The Morgan fingerprint density at radius 3 is 2.72 bits per heavy atom. The Labute approximate surface area is 211 Å². The van der Waals surface area contributed by atoms with Gasteiger partial charge < -0.3 is 9.30 Å². The molecule has 0 aliphatic carbocycles. The first kappa shape index (κ1) is 24.3. The molecule has 0 atom stereocenters. The van der Waals surface area contributed by atoms with Gasteiger partial charge in [-0.15, -0.1) is 0 Å². The average Bonchev–Trinajstić information content (AvgIpc) is 3.48. The number of aromatic nitrogens is 5. The maximum absolute atomic E-state index is 13.7. The van der Waals surface area contributed by atoms with Gasteiger partial charge in [-0.3, -0.25) is 28.5 Å². The fourth-order valence-electron chi connectivity index (χ4n) is 4.49. The Morgan fingerprint density at radius 2 is 1.94 bits per heavy atom. The van der Waals surface area contributed by atoms with Crippen LogP contribution in [0.5, 0.6) is 0 Å². The van der Waals surface area contributed by atoms with Gasteiger partial charge in [0, 0.05) is 40.3 Å². The standard InChI is InChI=1S/C24H29N7O4S/c1-16-5-6-17-18(13-16)36-23(26-17)31(8-4-7-29-9-11-35-12-10-29)19(32)14-30-15-25-21-20(30)22(33)28(3)24(34)27(21)2/h5-6,13,15H,4,7-12,14H2,1-3H3. The quantitative estimate of drug-likeness (QED) is 0.366. The highest BCUT2D eigenvalue weighted by atomic mass is 32.1. The fourth-order valence-corrected chi connectivity index (χ4v) is 5.59. The summed E-state index contributed by atoms with van der Waals surface area (Å²) in [7, 11) is 2.98. The number of aryl methyl sites for hydroxylation is 2. The number of imidazole rings is 1. The molecule has 4 heterocycles. The van der Waals surface area contributed by atoms with Crippen LogP contribution in [0.25, 0.3) is 21.4 Å². The Bertz CT molecular complexity index is 1540. The zero-order valence-corrected chi connectivity index (χ0v) is 21.5. The molecule has 1 aromatic carbocycles. The number of fused-ring (bicyclic) bond motifs is 2. The minimum Gasteiger partial charge on any atom is -0.379 e. The van der Waals surface area contributed by atoms with Crippen LogP contribution in [0, 0.1) is 6.92 Å². The Kier molecular flexibility index (Phi) is 6.73. The Hall–Kier alpha value is -3.35. The van der Waals surface area contributed by atoms with Crippen molar-refractivity contribution >= 4 is 43.8 Å². The molecule has 1 fully saturated rings. The Balaban J connectivity index is 1.44. The monoisotopic (exact) mass is 511 g/mol. The molecule has 3 aromatic heterocycles. The van der Waals surface area contributed by atoms with Gasteiger partial charge in [-0.05, 0) is 31.0 Å². The summed E-state index contributed by atoms with van der Waals surface area (Å²) in [6.45, 7) is 6.52. The molecule has 190 valence electrons. The summed E-state index contributed by atoms with van der Waals surface area (Å²) in [5.41, 5.74) is 1.52. The number of carbonyl (C=O) groups is 1. The van der Waals surface area contributed by atoms with Gasteiger partial charge >= 0.3 is 5.69 Å². The molecule has 1 amide bonds. The lowest BCUT2D eigenvalue weighted by Crippen LogP contribution is -2.40. The first-order valence-electron chi connectivity index (χ1n) is 11.9. The van der Waals surface area contributed by atoms with Crippen molar-refractivity contribution < 1.29 is 9.53 Å². The second-order valence-corrected chi connectivity index (χ2v) is 10.1. The maximum Gasteiger partial charge on any atom is 0.332 e. The lowest BCUT2D eigenvalue weighted by atomic mass is 10.2. The van der Waals surface area contributed by atoms with Crippen LogP contribution in [0.15, 0.2) is 34.1 Å². The van der Waals surface area contributed by atoms with Crippen molar-refractivity contribution in [2.45, 2.75) is 19.9 Å². The van der Waals surface area contributed by atoms with Crippen molar-refractivity contribution in [1.82, 2.24) is 28.6 Å². The third-order valence-electron chi connectivity index (χ3n) is 6.55. The third-order valence-corrected chi connectivity index (χ3v) is 7.59. The zero-order chi connectivity index (χ0) is 25.4. The van der Waals surface area contributed by atoms with Gasteiger partial charge in [0.2, 0.25) is 5.91 Å². The summed E-state index contributed by atoms with van der Waals surface area (Å²) in [5.74, 6) is -0.192. The lowest BCUT2D eigenvalue weighted by Gasteiger charge is -2.27. The number of anilines is 1. The molecule has 5 rings (SSSR count). The maximum atomic E-state index is 13.7. The largest absolute Gasteiger partial charge is 0.379 e. The molecule has 12 heteroatoms. The lowest BCUT2D eigenvalue weighted by molar-refractivity contribution is -0.119. The predicted molar refractivity (Wildman–Crippen MR) is 139 cm³/mol. The number of morpholine rings is 1. The van der Waals surface area contributed by atoms with E-state index >= 15 is 0 Å². The van der Waals surface area contributed by atoms with Gasteiger partial charge in [0.1, 0.15) is 6.54 Å². The van der Waals surface area contributed by atoms with Crippen LogP contribution in [-0.4, -0.2) is 73.9 Å². The van der Waals surface area contributed by atoms with Crippen molar-refractivity contribution in [3.63, 3.8) is 0 Å². The van der Waals surface area contributed by atoms with Crippen molar-refractivity contribution in [2.75, 3.05) is 44.3 Å². The van der Waals surface area contributed by atoms with E-state index in [9.17, 15) is 14.4 Å². The normalized spacial score (nSPS) is 14.6. The van der Waals surface area contributed by atoms with Crippen molar-refractivity contribution in [1.29, 1.82) is 0 Å². The van der Waals surface area contributed by atoms with E-state index in [4.69, 9.17) is 9.72 Å². The van der Waals surface area contributed by atoms with Crippen LogP contribution < -0.4 is 16.1 Å². The van der Waals surface area contributed by atoms with Gasteiger partial charge in [-0.2, -0.15) is 0 Å². The van der Waals surface area contributed by atoms with Crippen LogP contribution in [0.3, 0.4) is 0 Å². The van der Waals surface area contributed by atoms with Gasteiger partial charge in [0.25, 0.3) is 5.56 Å². The van der Waals surface area contributed by atoms with Crippen LogP contribution in [-0.2, 0) is 30.2 Å². The van der Waals surface area contributed by atoms with Crippen molar-refractivity contribution in [3.05, 3.63) is 50.9 Å². The minimum absolute atomic E-state index is 0.0869. The van der Waals surface area contributed by atoms with Gasteiger partial charge in [-0.1, -0.05) is 17.4 Å². The first-order chi connectivity index (χ1) is 17.3. The second-order valence-electron chi connectivity index (χ2n) is 9.07. The highest BCUT2D eigenvalue weighted by Gasteiger charge is 2.23. The summed E-state index contributed by atoms with van der Waals surface area (Å²) >= 11 is 1.48. The number of amides is 1. The molecule has 0 radical (unpaired) electrons. The number of hydrogen-bond donors (Lipinski definition) is 0. The smallest absolute Gasteiger partial charge is 0.332 e. The van der Waals surface area contributed by atoms with E-state index in [1.54, 1.807) is 11.9 Å². The van der Waals surface area contributed by atoms with Gasteiger partial charge in [0.05, 0.1) is 29.8 Å². The zero-order valence-electron chi connectivity index (χ0n) is 20.6. The molecule has 1 aliphatic rings. The van der Waals surface area contributed by atoms with Crippen LogP contribution in [0.1, 0.15) is 12.0 Å². The van der Waals surface area contributed by atoms with Gasteiger partial charge in [-0.25, -0.2) is 14.8 Å². The van der Waals surface area contributed by atoms with E-state index in [0.29, 0.717) is 11.7 Å². The number of hydrogen-bond acceptors (Lipinski definition) is 8. The third kappa shape index (κ3) is 4.59. The number of rotatable bonds is 7. The van der Waals surface area contributed by atoms with E-state index in [0.717, 1.165) is 59.6 Å². The summed E-state index contributed by atoms with van der Waals surface area (Å²) in [6.07, 6.45) is 2.22. The number of benzene rings is 1. The van der Waals surface area contributed by atoms with E-state index in [2.05, 4.69) is 16.0 Å². The highest BCUT2D eigenvalue weighted by Crippen LogP contribution is 2.30. The Morgan fingerprint density at radius 1 is 1.17 bits per heavy atom. The first-order valence-corrected chi connectivity index (χ1v) is 12.7. The topological polar surface area (TPSA) is 107 Å². The molecule has 1 aliphatic heterocycles. The summed E-state index contributed by atoms with van der Waals surface area (Å²) < 4.78 is 10.3. The van der Waals surface area contributed by atoms with Crippen LogP contribution >= 0.6 is 11.3 Å². The van der Waals surface area contributed by atoms with E-state index in [1.807, 2.05) is 19.1 Å². The van der Waals surface area contributed by atoms with E-state index in [1.165, 1.54) is 33.8 Å². The number of thiazole rings is 1. The predicted octanol–water partition coefficient (Wildman–Crippen LogP) is 1.11. The van der Waals surface area contributed by atoms with Crippen molar-refractivity contribution in [3.8, 4) is 0 Å². The molecule has 4 aromatic rings. The molecular formula is C24H29N7O4S. The summed E-state index contributed by atoms with van der Waals surface area (Å²) in [5, 5.41) is 0.632. The average molecular weight is 512 g/mol. The molecule has 11 nitrogen and oxygen atoms in total. The second kappa shape index (κ2) is 9.96. The van der Waals surface area contributed by atoms with Crippen molar-refractivity contribution in [2.24, 2.45) is 14.1 Å². The molecule has 0 bridgehead atoms. The van der Waals surface area contributed by atoms with E-state index < -0.39 is 11.2 Å². The number of ether oxygens (including phenoxy) is 1. The van der Waals surface area contributed by atoms with E-state index in [-0.39, 0.29) is 23.6 Å². The molecule has 0 saturated carbocycles. The van der Waals surface area contributed by atoms with Crippen LogP contribution in [0.2, 0.25) is 0 Å². The highest BCUT2D eigenvalue weighted by molar-refractivity contribution is 7.22. The number of carbonyl (C=O) groups excluding carboxylic acids is 1. The summed E-state index contributed by atoms with van der Waals surface area (Å²) in [4.78, 5) is 51.8. The fraction of sp³-hybridized carbons (Fsp3) is 0.458. The summed E-state index contributed by atoms with van der Waals surface area (Å²) in [6, 6.07) is 6.04. The molecular weight excluding hydrogens is 482 g/mol. The molecule has 0 unspecified atom stereocenters. The molecule has 0 N–H and O–H groups in total.